The first kappa shape index (κ1) is 22.4. The predicted molar refractivity (Wildman–Crippen MR) is 116 cm³/mol. The van der Waals surface area contributed by atoms with Crippen LogP contribution in [0.25, 0.3) is 0 Å². The van der Waals surface area contributed by atoms with Crippen molar-refractivity contribution in [2.75, 3.05) is 46.4 Å². The Morgan fingerprint density at radius 1 is 0.903 bits per heavy atom. The van der Waals surface area contributed by atoms with E-state index in [4.69, 9.17) is 18.9 Å². The number of para-hydroxylation sites is 1. The Morgan fingerprint density at radius 2 is 1.58 bits per heavy atom. The number of hydrogen-bond donors (Lipinski definition) is 2. The molecule has 1 aliphatic heterocycles. The molecule has 31 heavy (non-hydrogen) atoms. The van der Waals surface area contributed by atoms with Gasteiger partial charge in [-0.15, -0.1) is 0 Å². The zero-order valence-electron chi connectivity index (χ0n) is 18.0. The van der Waals surface area contributed by atoms with Gasteiger partial charge in [-0.05, 0) is 31.0 Å². The van der Waals surface area contributed by atoms with Gasteiger partial charge in [0.1, 0.15) is 5.75 Å². The Balaban J connectivity index is 1.70. The van der Waals surface area contributed by atoms with Gasteiger partial charge in [-0.1, -0.05) is 18.2 Å². The van der Waals surface area contributed by atoms with Crippen LogP contribution in [-0.4, -0.2) is 52.9 Å². The molecule has 2 aromatic carbocycles. The fraction of sp³-hybridized carbons (Fsp3) is 0.391. The number of carbonyl (C=O) groups is 2. The molecule has 0 saturated carbocycles. The van der Waals surface area contributed by atoms with E-state index in [1.54, 1.807) is 25.3 Å². The van der Waals surface area contributed by atoms with Gasteiger partial charge >= 0.3 is 11.8 Å². The lowest BCUT2D eigenvalue weighted by molar-refractivity contribution is -0.136. The summed E-state index contributed by atoms with van der Waals surface area (Å²) in [6.07, 6.45) is 1.43. The molecule has 8 heteroatoms. The van der Waals surface area contributed by atoms with Crippen LogP contribution in [0.3, 0.4) is 0 Å². The van der Waals surface area contributed by atoms with E-state index in [9.17, 15) is 9.59 Å². The fourth-order valence-corrected chi connectivity index (χ4v) is 3.82. The number of nitrogens with one attached hydrogen (secondary N) is 2. The number of hydrogen-bond acceptors (Lipinski definition) is 6. The van der Waals surface area contributed by atoms with Crippen LogP contribution in [0.2, 0.25) is 0 Å². The molecule has 166 valence electrons. The monoisotopic (exact) mass is 428 g/mol. The predicted octanol–water partition coefficient (Wildman–Crippen LogP) is 2.52. The van der Waals surface area contributed by atoms with Crippen molar-refractivity contribution >= 4 is 17.5 Å². The molecule has 0 bridgehead atoms. The van der Waals surface area contributed by atoms with Gasteiger partial charge < -0.3 is 29.6 Å². The summed E-state index contributed by atoms with van der Waals surface area (Å²) in [4.78, 5) is 25.0. The molecule has 2 aromatic rings. The zero-order chi connectivity index (χ0) is 22.3. The van der Waals surface area contributed by atoms with Crippen LogP contribution in [0.1, 0.15) is 18.4 Å². The number of benzene rings is 2. The van der Waals surface area contributed by atoms with Crippen LogP contribution < -0.4 is 24.8 Å². The zero-order valence-corrected chi connectivity index (χ0v) is 18.0. The number of ether oxygens (including phenoxy) is 4. The van der Waals surface area contributed by atoms with Crippen LogP contribution in [0.5, 0.6) is 17.2 Å². The summed E-state index contributed by atoms with van der Waals surface area (Å²) in [5.41, 5.74) is 1.06. The average molecular weight is 428 g/mol. The third-order valence-electron chi connectivity index (χ3n) is 5.56. The van der Waals surface area contributed by atoms with Gasteiger partial charge in [0.15, 0.2) is 11.5 Å². The minimum absolute atomic E-state index is 0.301. The van der Waals surface area contributed by atoms with Crippen molar-refractivity contribution in [1.82, 2.24) is 5.32 Å². The van der Waals surface area contributed by atoms with E-state index in [0.29, 0.717) is 49.8 Å². The summed E-state index contributed by atoms with van der Waals surface area (Å²) in [5, 5.41) is 5.39. The number of amides is 2. The Kier molecular flexibility index (Phi) is 7.36. The summed E-state index contributed by atoms with van der Waals surface area (Å²) in [6.45, 7) is 1.45. The summed E-state index contributed by atoms with van der Waals surface area (Å²) in [5.74, 6) is 0.277. The van der Waals surface area contributed by atoms with Crippen LogP contribution >= 0.6 is 0 Å². The van der Waals surface area contributed by atoms with E-state index >= 15 is 0 Å². The third kappa shape index (κ3) is 5.08. The van der Waals surface area contributed by atoms with E-state index in [1.165, 1.54) is 14.2 Å². The molecule has 0 aromatic heterocycles. The molecule has 0 atom stereocenters. The number of rotatable bonds is 7. The maximum atomic E-state index is 12.6. The molecule has 3 rings (SSSR count). The van der Waals surface area contributed by atoms with E-state index in [2.05, 4.69) is 10.6 Å². The molecule has 0 radical (unpaired) electrons. The Bertz CT molecular complexity index is 924. The van der Waals surface area contributed by atoms with E-state index < -0.39 is 11.8 Å². The Morgan fingerprint density at radius 3 is 2.26 bits per heavy atom. The van der Waals surface area contributed by atoms with Crippen molar-refractivity contribution in [1.29, 1.82) is 0 Å². The summed E-state index contributed by atoms with van der Waals surface area (Å²) >= 11 is 0. The molecule has 0 spiro atoms. The topological polar surface area (TPSA) is 95.1 Å². The number of carbonyl (C=O) groups excluding carboxylic acids is 2. The largest absolute Gasteiger partial charge is 0.496 e. The highest BCUT2D eigenvalue weighted by molar-refractivity contribution is 6.39. The minimum atomic E-state index is -0.755. The second-order valence-corrected chi connectivity index (χ2v) is 7.30. The van der Waals surface area contributed by atoms with E-state index in [-0.39, 0.29) is 5.41 Å². The van der Waals surface area contributed by atoms with Gasteiger partial charge in [0.2, 0.25) is 0 Å². The van der Waals surface area contributed by atoms with Crippen molar-refractivity contribution < 1.29 is 28.5 Å². The maximum Gasteiger partial charge on any atom is 0.313 e. The van der Waals surface area contributed by atoms with Crippen LogP contribution in [0.15, 0.2) is 42.5 Å². The highest BCUT2D eigenvalue weighted by Crippen LogP contribution is 2.39. The van der Waals surface area contributed by atoms with Gasteiger partial charge in [-0.2, -0.15) is 0 Å². The van der Waals surface area contributed by atoms with Crippen molar-refractivity contribution in [2.24, 2.45) is 0 Å². The first-order chi connectivity index (χ1) is 15.0. The summed E-state index contributed by atoms with van der Waals surface area (Å²) in [6, 6.07) is 12.6. The first-order valence-corrected chi connectivity index (χ1v) is 10.1. The second kappa shape index (κ2) is 10.2. The van der Waals surface area contributed by atoms with Gasteiger partial charge in [0.05, 0.1) is 21.3 Å². The molecule has 0 unspecified atom stereocenters. The molecule has 1 aliphatic rings. The summed E-state index contributed by atoms with van der Waals surface area (Å²) < 4.78 is 21.5. The molecule has 1 heterocycles. The quantitative estimate of drug-likeness (QED) is 0.658. The van der Waals surface area contributed by atoms with Gasteiger partial charge in [-0.25, -0.2) is 0 Å². The summed E-state index contributed by atoms with van der Waals surface area (Å²) in [7, 11) is 4.65. The van der Waals surface area contributed by atoms with Crippen LogP contribution in [0.4, 0.5) is 5.69 Å². The second-order valence-electron chi connectivity index (χ2n) is 7.30. The molecule has 1 fully saturated rings. The molecule has 8 nitrogen and oxygen atoms in total. The lowest BCUT2D eigenvalue weighted by Gasteiger charge is -2.38. The lowest BCUT2D eigenvalue weighted by Crippen LogP contribution is -2.47. The standard InChI is InChI=1S/C23H28N2O6/c1-28-18-7-5-4-6-17(18)23(10-12-31-13-11-23)15-24-21(26)22(27)25-16-8-9-19(29-2)20(14-16)30-3/h4-9,14H,10-13,15H2,1-3H3,(H,24,26)(H,25,27). The SMILES string of the molecule is COc1ccc(NC(=O)C(=O)NCC2(c3ccccc3OC)CCOCC2)cc1OC. The van der Waals surface area contributed by atoms with Crippen molar-refractivity contribution in [3.8, 4) is 17.2 Å². The average Bonchev–Trinajstić information content (AvgIpc) is 2.82. The van der Waals surface area contributed by atoms with Gasteiger partial charge in [-0.3, -0.25) is 9.59 Å². The third-order valence-corrected chi connectivity index (χ3v) is 5.56. The minimum Gasteiger partial charge on any atom is -0.496 e. The first-order valence-electron chi connectivity index (χ1n) is 10.1. The van der Waals surface area contributed by atoms with Crippen LogP contribution in [0, 0.1) is 0 Å². The molecule has 1 saturated heterocycles. The molecular weight excluding hydrogens is 400 g/mol. The van der Waals surface area contributed by atoms with E-state index in [1.807, 2.05) is 24.3 Å². The van der Waals surface area contributed by atoms with Crippen LogP contribution in [-0.2, 0) is 19.7 Å². The van der Waals surface area contributed by atoms with Crippen molar-refractivity contribution in [3.63, 3.8) is 0 Å². The normalized spacial score (nSPS) is 14.9. The Hall–Kier alpha value is -3.26. The van der Waals surface area contributed by atoms with Crippen molar-refractivity contribution in [2.45, 2.75) is 18.3 Å². The molecular formula is C23H28N2O6. The fourth-order valence-electron chi connectivity index (χ4n) is 3.82. The number of anilines is 1. The smallest absolute Gasteiger partial charge is 0.313 e. The highest BCUT2D eigenvalue weighted by atomic mass is 16.5. The maximum absolute atomic E-state index is 12.6. The van der Waals surface area contributed by atoms with Gasteiger partial charge in [0.25, 0.3) is 0 Å². The highest BCUT2D eigenvalue weighted by Gasteiger charge is 2.37. The molecule has 0 aliphatic carbocycles. The molecule has 2 N–H and O–H groups in total. The lowest BCUT2D eigenvalue weighted by atomic mass is 9.73. The van der Waals surface area contributed by atoms with Crippen molar-refractivity contribution in [3.05, 3.63) is 48.0 Å². The van der Waals surface area contributed by atoms with Gasteiger partial charge in [0, 0.05) is 42.5 Å². The molecule has 2 amide bonds. The van der Waals surface area contributed by atoms with E-state index in [0.717, 1.165) is 11.3 Å². The Labute approximate surface area is 181 Å². The number of methoxy groups -OCH3 is 3.